The van der Waals surface area contributed by atoms with Crippen molar-refractivity contribution in [3.05, 3.63) is 24.0 Å². The molecule has 0 aliphatic rings. The van der Waals surface area contributed by atoms with E-state index in [-0.39, 0.29) is 5.82 Å². The number of nitrogens with zero attached hydrogens (tertiary/aromatic N) is 2. The number of nitrogens with two attached hydrogens (primary N) is 1. The first-order valence-electron chi connectivity index (χ1n) is 7.07. The highest BCUT2D eigenvalue weighted by atomic mass is 19.1. The number of nitrogen functional groups attached to an aromatic ring is 1. The number of hydrogen-bond acceptors (Lipinski definition) is 2. The van der Waals surface area contributed by atoms with Crippen LogP contribution >= 0.6 is 0 Å². The maximum Gasteiger partial charge on any atom is 0.201 e. The van der Waals surface area contributed by atoms with Crippen molar-refractivity contribution in [1.29, 1.82) is 0 Å². The van der Waals surface area contributed by atoms with Gasteiger partial charge in [-0.3, -0.25) is 0 Å². The van der Waals surface area contributed by atoms with Crippen LogP contribution in [0.2, 0.25) is 0 Å². The van der Waals surface area contributed by atoms with Crippen molar-refractivity contribution >= 4 is 17.0 Å². The summed E-state index contributed by atoms with van der Waals surface area (Å²) in [7, 11) is 0. The van der Waals surface area contributed by atoms with Gasteiger partial charge in [-0.05, 0) is 30.5 Å². The predicted molar refractivity (Wildman–Crippen MR) is 77.4 cm³/mol. The van der Waals surface area contributed by atoms with E-state index in [9.17, 15) is 4.39 Å². The molecule has 1 unspecified atom stereocenters. The van der Waals surface area contributed by atoms with E-state index in [1.807, 2.05) is 4.57 Å². The third-order valence-corrected chi connectivity index (χ3v) is 3.72. The lowest BCUT2D eigenvalue weighted by atomic mass is 9.99. The number of rotatable bonds is 6. The quantitative estimate of drug-likeness (QED) is 0.856. The Bertz CT molecular complexity index is 548. The molecule has 104 valence electrons. The second kappa shape index (κ2) is 6.04. The van der Waals surface area contributed by atoms with E-state index < -0.39 is 0 Å². The number of hydrogen-bond donors (Lipinski definition) is 1. The van der Waals surface area contributed by atoms with Gasteiger partial charge in [0, 0.05) is 6.54 Å². The number of fused-ring (bicyclic) bond motifs is 1. The first-order valence-corrected chi connectivity index (χ1v) is 7.07. The molecule has 0 saturated heterocycles. The lowest BCUT2D eigenvalue weighted by Crippen LogP contribution is -2.12. The fraction of sp³-hybridized carbons (Fsp3) is 0.533. The minimum atomic E-state index is -0.241. The van der Waals surface area contributed by atoms with E-state index in [1.54, 1.807) is 6.07 Å². The maximum atomic E-state index is 13.4. The second-order valence-corrected chi connectivity index (χ2v) is 5.13. The Morgan fingerprint density at radius 1 is 1.37 bits per heavy atom. The van der Waals surface area contributed by atoms with Gasteiger partial charge in [0.25, 0.3) is 0 Å². The molecule has 1 aromatic carbocycles. The Kier molecular flexibility index (Phi) is 4.40. The van der Waals surface area contributed by atoms with Crippen LogP contribution in [0.3, 0.4) is 0 Å². The van der Waals surface area contributed by atoms with E-state index in [4.69, 9.17) is 5.73 Å². The summed E-state index contributed by atoms with van der Waals surface area (Å²) < 4.78 is 15.3. The molecule has 0 spiro atoms. The molecular formula is C15H22FN3. The summed E-state index contributed by atoms with van der Waals surface area (Å²) in [6.45, 7) is 5.21. The Morgan fingerprint density at radius 2 is 2.16 bits per heavy atom. The third kappa shape index (κ3) is 3.06. The Hall–Kier alpha value is -1.58. The minimum Gasteiger partial charge on any atom is -0.369 e. The highest BCUT2D eigenvalue weighted by Gasteiger charge is 2.13. The first kappa shape index (κ1) is 13.8. The van der Waals surface area contributed by atoms with Crippen LogP contribution in [0.5, 0.6) is 0 Å². The molecule has 3 nitrogen and oxygen atoms in total. The van der Waals surface area contributed by atoms with Crippen molar-refractivity contribution in [2.45, 2.75) is 46.1 Å². The fourth-order valence-corrected chi connectivity index (χ4v) is 2.48. The van der Waals surface area contributed by atoms with E-state index in [2.05, 4.69) is 18.8 Å². The van der Waals surface area contributed by atoms with Gasteiger partial charge in [0.05, 0.1) is 11.0 Å². The second-order valence-electron chi connectivity index (χ2n) is 5.13. The summed E-state index contributed by atoms with van der Waals surface area (Å²) in [6.07, 6.45) is 4.71. The predicted octanol–water partition coefficient (Wildman–Crippen LogP) is 3.97. The van der Waals surface area contributed by atoms with E-state index >= 15 is 0 Å². The number of anilines is 1. The average Bonchev–Trinajstić information content (AvgIpc) is 2.70. The Morgan fingerprint density at radius 3 is 2.84 bits per heavy atom. The molecule has 2 rings (SSSR count). The molecule has 0 radical (unpaired) electrons. The molecule has 2 N–H and O–H groups in total. The SMILES string of the molecule is CCCCC(CC)Cn1c(N)nc2ccc(F)cc21. The van der Waals surface area contributed by atoms with Gasteiger partial charge < -0.3 is 10.3 Å². The van der Waals surface area contributed by atoms with Crippen molar-refractivity contribution in [2.24, 2.45) is 5.92 Å². The molecule has 19 heavy (non-hydrogen) atoms. The van der Waals surface area contributed by atoms with Gasteiger partial charge >= 0.3 is 0 Å². The summed E-state index contributed by atoms with van der Waals surface area (Å²) in [6, 6.07) is 4.63. The van der Waals surface area contributed by atoms with Crippen molar-refractivity contribution in [3.63, 3.8) is 0 Å². The maximum absolute atomic E-state index is 13.4. The number of aromatic nitrogens is 2. The van der Waals surface area contributed by atoms with Gasteiger partial charge in [0.1, 0.15) is 5.82 Å². The molecule has 0 amide bonds. The van der Waals surface area contributed by atoms with E-state index in [1.165, 1.54) is 31.4 Å². The van der Waals surface area contributed by atoms with Crippen LogP contribution in [0.1, 0.15) is 39.5 Å². The largest absolute Gasteiger partial charge is 0.369 e. The standard InChI is InChI=1S/C15H22FN3/c1-3-5-6-11(4-2)10-19-14-9-12(16)7-8-13(14)18-15(19)17/h7-9,11H,3-6,10H2,1-2H3,(H2,17,18). The molecule has 1 aromatic heterocycles. The molecule has 0 aliphatic carbocycles. The molecule has 4 heteroatoms. The van der Waals surface area contributed by atoms with Gasteiger partial charge in [-0.1, -0.05) is 33.1 Å². The van der Waals surface area contributed by atoms with E-state index in [0.29, 0.717) is 11.9 Å². The molecule has 0 bridgehead atoms. The summed E-state index contributed by atoms with van der Waals surface area (Å²) in [5.74, 6) is 0.814. The van der Waals surface area contributed by atoms with Crippen LogP contribution < -0.4 is 5.73 Å². The number of imidazole rings is 1. The van der Waals surface area contributed by atoms with Gasteiger partial charge in [0.2, 0.25) is 5.95 Å². The molecule has 0 fully saturated rings. The van der Waals surface area contributed by atoms with Gasteiger partial charge in [0.15, 0.2) is 0 Å². The zero-order valence-electron chi connectivity index (χ0n) is 11.7. The molecule has 0 aliphatic heterocycles. The van der Waals surface area contributed by atoms with Crippen LogP contribution in [0.15, 0.2) is 18.2 Å². The van der Waals surface area contributed by atoms with Crippen LogP contribution in [-0.2, 0) is 6.54 Å². The lowest BCUT2D eigenvalue weighted by Gasteiger charge is -2.16. The van der Waals surface area contributed by atoms with Crippen LogP contribution in [0.4, 0.5) is 10.3 Å². The van der Waals surface area contributed by atoms with Gasteiger partial charge in [-0.25, -0.2) is 9.37 Å². The van der Waals surface area contributed by atoms with Crippen molar-refractivity contribution in [3.8, 4) is 0 Å². The minimum absolute atomic E-state index is 0.241. The summed E-state index contributed by atoms with van der Waals surface area (Å²) in [4.78, 5) is 4.30. The molecule has 0 saturated carbocycles. The first-order chi connectivity index (χ1) is 9.15. The molecule has 1 heterocycles. The zero-order chi connectivity index (χ0) is 13.8. The molecule has 2 aromatic rings. The molecular weight excluding hydrogens is 241 g/mol. The highest BCUT2D eigenvalue weighted by molar-refractivity contribution is 5.78. The van der Waals surface area contributed by atoms with Crippen molar-refractivity contribution < 1.29 is 4.39 Å². The highest BCUT2D eigenvalue weighted by Crippen LogP contribution is 2.23. The summed E-state index contributed by atoms with van der Waals surface area (Å²) in [5.41, 5.74) is 7.53. The third-order valence-electron chi connectivity index (χ3n) is 3.72. The fourth-order valence-electron chi connectivity index (χ4n) is 2.48. The summed E-state index contributed by atoms with van der Waals surface area (Å²) in [5, 5.41) is 0. The molecule has 1 atom stereocenters. The number of halogens is 1. The Balaban J connectivity index is 2.27. The van der Waals surface area contributed by atoms with Crippen LogP contribution in [-0.4, -0.2) is 9.55 Å². The van der Waals surface area contributed by atoms with Crippen LogP contribution in [0.25, 0.3) is 11.0 Å². The summed E-state index contributed by atoms with van der Waals surface area (Å²) >= 11 is 0. The van der Waals surface area contributed by atoms with Crippen LogP contribution in [0, 0.1) is 11.7 Å². The van der Waals surface area contributed by atoms with Crippen molar-refractivity contribution in [2.75, 3.05) is 5.73 Å². The van der Waals surface area contributed by atoms with Gasteiger partial charge in [-0.2, -0.15) is 0 Å². The average molecular weight is 263 g/mol. The smallest absolute Gasteiger partial charge is 0.201 e. The number of benzene rings is 1. The Labute approximate surface area is 113 Å². The normalized spacial score (nSPS) is 13.0. The van der Waals surface area contributed by atoms with E-state index in [0.717, 1.165) is 24.0 Å². The zero-order valence-corrected chi connectivity index (χ0v) is 11.7. The monoisotopic (exact) mass is 263 g/mol. The number of unbranched alkanes of at least 4 members (excludes halogenated alkanes) is 1. The topological polar surface area (TPSA) is 43.8 Å². The lowest BCUT2D eigenvalue weighted by molar-refractivity contribution is 0.397. The van der Waals surface area contributed by atoms with Gasteiger partial charge in [-0.15, -0.1) is 0 Å². The van der Waals surface area contributed by atoms with Crippen molar-refractivity contribution in [1.82, 2.24) is 9.55 Å².